The first-order valence-electron chi connectivity index (χ1n) is 7.04. The fourth-order valence-electron chi connectivity index (χ4n) is 2.69. The molecule has 0 saturated carbocycles. The maximum absolute atomic E-state index is 9.84. The van der Waals surface area contributed by atoms with Crippen LogP contribution in [0.4, 0.5) is 0 Å². The van der Waals surface area contributed by atoms with Crippen molar-refractivity contribution in [1.29, 1.82) is 0 Å². The van der Waals surface area contributed by atoms with E-state index in [2.05, 4.69) is 5.16 Å². The molecule has 0 bridgehead atoms. The van der Waals surface area contributed by atoms with Gasteiger partial charge in [-0.1, -0.05) is 53.2 Å². The molecule has 3 aromatic rings. The first-order valence-corrected chi connectivity index (χ1v) is 7.42. The fraction of sp³-hybridized carbons (Fsp3) is 0.167. The molecule has 22 heavy (non-hydrogen) atoms. The Balaban J connectivity index is 2.23. The topological polar surface area (TPSA) is 46.3 Å². The van der Waals surface area contributed by atoms with Gasteiger partial charge in [0.2, 0.25) is 0 Å². The maximum Gasteiger partial charge on any atom is 0.173 e. The molecular weight excluding hydrogens is 298 g/mol. The highest BCUT2D eigenvalue weighted by atomic mass is 35.5. The maximum atomic E-state index is 9.84. The van der Waals surface area contributed by atoms with E-state index >= 15 is 0 Å². The Labute approximate surface area is 134 Å². The zero-order valence-corrected chi connectivity index (χ0v) is 13.2. The minimum absolute atomic E-state index is 0.160. The highest BCUT2D eigenvalue weighted by Gasteiger charge is 2.21. The third-order valence-electron chi connectivity index (χ3n) is 3.78. The lowest BCUT2D eigenvalue weighted by atomic mass is 9.96. The van der Waals surface area contributed by atoms with Crippen LogP contribution in [0.3, 0.4) is 0 Å². The van der Waals surface area contributed by atoms with Crippen LogP contribution in [0.15, 0.2) is 47.0 Å². The van der Waals surface area contributed by atoms with E-state index in [0.717, 1.165) is 22.3 Å². The van der Waals surface area contributed by atoms with E-state index in [0.29, 0.717) is 22.0 Å². The molecule has 1 N–H and O–H groups in total. The van der Waals surface area contributed by atoms with E-state index in [9.17, 15) is 5.11 Å². The van der Waals surface area contributed by atoms with E-state index in [-0.39, 0.29) is 6.61 Å². The summed E-state index contributed by atoms with van der Waals surface area (Å²) in [5.41, 5.74) is 5.14. The molecule has 3 rings (SSSR count). The SMILES string of the molecule is Cc1cccc(C)c1-c1onc(-c2ccccc2Cl)c1CO. The number of aryl methyl sites for hydroxylation is 2. The minimum atomic E-state index is -0.160. The van der Waals surface area contributed by atoms with Gasteiger partial charge >= 0.3 is 0 Å². The highest BCUT2D eigenvalue weighted by molar-refractivity contribution is 6.33. The average molecular weight is 314 g/mol. The van der Waals surface area contributed by atoms with Gasteiger partial charge in [-0.15, -0.1) is 0 Å². The second kappa shape index (κ2) is 5.95. The number of halogens is 1. The second-order valence-corrected chi connectivity index (χ2v) is 5.65. The largest absolute Gasteiger partial charge is 0.391 e. The average Bonchev–Trinajstić information content (AvgIpc) is 2.91. The number of aliphatic hydroxyl groups excluding tert-OH is 1. The molecule has 1 heterocycles. The minimum Gasteiger partial charge on any atom is -0.391 e. The molecule has 112 valence electrons. The van der Waals surface area contributed by atoms with Gasteiger partial charge in [0.05, 0.1) is 17.2 Å². The molecule has 0 aliphatic carbocycles. The van der Waals surface area contributed by atoms with Gasteiger partial charge in [0.15, 0.2) is 5.76 Å². The molecule has 4 heteroatoms. The molecule has 0 atom stereocenters. The molecule has 3 nitrogen and oxygen atoms in total. The highest BCUT2D eigenvalue weighted by Crippen LogP contribution is 2.37. The zero-order valence-electron chi connectivity index (χ0n) is 12.4. The molecular formula is C18H16ClNO2. The van der Waals surface area contributed by atoms with Crippen molar-refractivity contribution in [2.75, 3.05) is 0 Å². The summed E-state index contributed by atoms with van der Waals surface area (Å²) in [6, 6.07) is 13.4. The Hall–Kier alpha value is -2.10. The molecule has 0 aliphatic rings. The number of benzene rings is 2. The van der Waals surface area contributed by atoms with E-state index < -0.39 is 0 Å². The van der Waals surface area contributed by atoms with Crippen molar-refractivity contribution in [3.05, 3.63) is 64.2 Å². The summed E-state index contributed by atoms with van der Waals surface area (Å²) >= 11 is 6.24. The summed E-state index contributed by atoms with van der Waals surface area (Å²) in [4.78, 5) is 0. The number of aromatic nitrogens is 1. The number of hydrogen-bond acceptors (Lipinski definition) is 3. The van der Waals surface area contributed by atoms with Crippen LogP contribution in [-0.4, -0.2) is 10.3 Å². The Kier molecular flexibility index (Phi) is 4.01. The van der Waals surface area contributed by atoms with Crippen LogP contribution >= 0.6 is 11.6 Å². The van der Waals surface area contributed by atoms with Crippen molar-refractivity contribution in [3.8, 4) is 22.6 Å². The van der Waals surface area contributed by atoms with Crippen molar-refractivity contribution in [2.45, 2.75) is 20.5 Å². The van der Waals surface area contributed by atoms with Gasteiger partial charge in [-0.2, -0.15) is 0 Å². The first kappa shape index (κ1) is 14.8. The van der Waals surface area contributed by atoms with Gasteiger partial charge in [0.1, 0.15) is 5.69 Å². The Bertz CT molecular complexity index is 803. The zero-order chi connectivity index (χ0) is 15.7. The lowest BCUT2D eigenvalue weighted by Crippen LogP contribution is -1.93. The molecule has 0 fully saturated rings. The summed E-state index contributed by atoms with van der Waals surface area (Å²) in [6.07, 6.45) is 0. The summed E-state index contributed by atoms with van der Waals surface area (Å²) in [5, 5.41) is 14.6. The van der Waals surface area contributed by atoms with E-state index in [1.54, 1.807) is 6.07 Å². The van der Waals surface area contributed by atoms with Crippen LogP contribution in [0.5, 0.6) is 0 Å². The predicted molar refractivity (Wildman–Crippen MR) is 87.8 cm³/mol. The van der Waals surface area contributed by atoms with Crippen molar-refractivity contribution >= 4 is 11.6 Å². The molecule has 0 unspecified atom stereocenters. The van der Waals surface area contributed by atoms with Gasteiger partial charge in [0.25, 0.3) is 0 Å². The summed E-state index contributed by atoms with van der Waals surface area (Å²) in [6.45, 7) is 3.87. The molecule has 0 amide bonds. The summed E-state index contributed by atoms with van der Waals surface area (Å²) in [7, 11) is 0. The normalized spacial score (nSPS) is 10.9. The van der Waals surface area contributed by atoms with Crippen LogP contribution in [0, 0.1) is 13.8 Å². The molecule has 0 aliphatic heterocycles. The smallest absolute Gasteiger partial charge is 0.173 e. The molecule has 1 aromatic heterocycles. The van der Waals surface area contributed by atoms with Crippen molar-refractivity contribution in [2.24, 2.45) is 0 Å². The second-order valence-electron chi connectivity index (χ2n) is 5.24. The Morgan fingerprint density at radius 1 is 1.05 bits per heavy atom. The van der Waals surface area contributed by atoms with Crippen LogP contribution in [0.2, 0.25) is 5.02 Å². The van der Waals surface area contributed by atoms with E-state index in [1.165, 1.54) is 0 Å². The van der Waals surface area contributed by atoms with Gasteiger partial charge in [-0.3, -0.25) is 0 Å². The van der Waals surface area contributed by atoms with Crippen LogP contribution in [0.1, 0.15) is 16.7 Å². The number of nitrogens with zero attached hydrogens (tertiary/aromatic N) is 1. The molecule has 0 radical (unpaired) electrons. The van der Waals surface area contributed by atoms with Gasteiger partial charge in [0, 0.05) is 11.1 Å². The van der Waals surface area contributed by atoms with Crippen molar-refractivity contribution < 1.29 is 9.63 Å². The van der Waals surface area contributed by atoms with Gasteiger partial charge in [-0.05, 0) is 31.0 Å². The van der Waals surface area contributed by atoms with Gasteiger partial charge in [-0.25, -0.2) is 0 Å². The van der Waals surface area contributed by atoms with E-state index in [4.69, 9.17) is 16.1 Å². The summed E-state index contributed by atoms with van der Waals surface area (Å²) in [5.74, 6) is 0.605. The molecule has 0 spiro atoms. The van der Waals surface area contributed by atoms with Crippen molar-refractivity contribution in [3.63, 3.8) is 0 Å². The third kappa shape index (κ3) is 2.43. The molecule has 2 aromatic carbocycles. The first-order chi connectivity index (χ1) is 10.6. The van der Waals surface area contributed by atoms with Crippen LogP contribution in [-0.2, 0) is 6.61 Å². The monoisotopic (exact) mass is 313 g/mol. The Morgan fingerprint density at radius 3 is 2.36 bits per heavy atom. The van der Waals surface area contributed by atoms with Crippen molar-refractivity contribution in [1.82, 2.24) is 5.16 Å². The van der Waals surface area contributed by atoms with Crippen LogP contribution < -0.4 is 0 Å². The number of rotatable bonds is 3. The number of hydrogen-bond donors (Lipinski definition) is 1. The molecule has 0 saturated heterocycles. The fourth-order valence-corrected chi connectivity index (χ4v) is 2.92. The lowest BCUT2D eigenvalue weighted by molar-refractivity contribution is 0.281. The van der Waals surface area contributed by atoms with Gasteiger partial charge < -0.3 is 9.63 Å². The van der Waals surface area contributed by atoms with E-state index in [1.807, 2.05) is 50.2 Å². The lowest BCUT2D eigenvalue weighted by Gasteiger charge is -2.08. The standard InChI is InChI=1S/C18H16ClNO2/c1-11-6-5-7-12(2)16(11)18-14(10-21)17(20-22-18)13-8-3-4-9-15(13)19/h3-9,21H,10H2,1-2H3. The summed E-state index contributed by atoms with van der Waals surface area (Å²) < 4.78 is 5.58. The van der Waals surface area contributed by atoms with Crippen LogP contribution in [0.25, 0.3) is 22.6 Å². The quantitative estimate of drug-likeness (QED) is 0.757. The number of aliphatic hydroxyl groups is 1. The Morgan fingerprint density at radius 2 is 1.73 bits per heavy atom. The third-order valence-corrected chi connectivity index (χ3v) is 4.11. The predicted octanol–water partition coefficient (Wildman–Crippen LogP) is 4.77.